The molecule has 1 atom stereocenters. The van der Waals surface area contributed by atoms with Gasteiger partial charge in [-0.1, -0.05) is 18.2 Å². The van der Waals surface area contributed by atoms with E-state index >= 15 is 0 Å². The summed E-state index contributed by atoms with van der Waals surface area (Å²) >= 11 is 0. The summed E-state index contributed by atoms with van der Waals surface area (Å²) in [5, 5.41) is 31.9. The number of benzene rings is 3. The maximum absolute atomic E-state index is 11.5. The molecule has 4 rings (SSSR count). The summed E-state index contributed by atoms with van der Waals surface area (Å²) in [5.41, 5.74) is 5.54. The van der Waals surface area contributed by atoms with Gasteiger partial charge in [0.2, 0.25) is 6.41 Å². The van der Waals surface area contributed by atoms with Gasteiger partial charge in [0.1, 0.15) is 5.75 Å². The van der Waals surface area contributed by atoms with Gasteiger partial charge in [0.25, 0.3) is 5.56 Å². The van der Waals surface area contributed by atoms with Crippen LogP contribution < -0.4 is 21.5 Å². The van der Waals surface area contributed by atoms with Crippen LogP contribution in [0.5, 0.6) is 5.75 Å². The van der Waals surface area contributed by atoms with Crippen molar-refractivity contribution in [3.63, 3.8) is 0 Å². The zero-order valence-corrected chi connectivity index (χ0v) is 19.9. The van der Waals surface area contributed by atoms with E-state index in [0.29, 0.717) is 25.1 Å². The predicted molar refractivity (Wildman–Crippen MR) is 140 cm³/mol. The van der Waals surface area contributed by atoms with Crippen LogP contribution in [-0.2, 0) is 11.2 Å². The van der Waals surface area contributed by atoms with Crippen molar-refractivity contribution in [3.05, 3.63) is 100.0 Å². The molecular weight excluding hydrogens is 458 g/mol. The summed E-state index contributed by atoms with van der Waals surface area (Å²) < 4.78 is 1.75. The van der Waals surface area contributed by atoms with Crippen molar-refractivity contribution in [2.75, 3.05) is 23.7 Å². The van der Waals surface area contributed by atoms with Crippen LogP contribution >= 0.6 is 0 Å². The Morgan fingerprint density at radius 3 is 2.33 bits per heavy atom. The van der Waals surface area contributed by atoms with Gasteiger partial charge in [0, 0.05) is 29.7 Å². The Hall–Kier alpha value is -4.34. The maximum atomic E-state index is 11.5. The van der Waals surface area contributed by atoms with Gasteiger partial charge >= 0.3 is 0 Å². The van der Waals surface area contributed by atoms with Crippen molar-refractivity contribution in [2.45, 2.75) is 19.4 Å². The number of H-pyrrole nitrogens is 1. The SMILES string of the molecule is Cc1cc(=O)[nH]n1-c1ccc(Nc2ccc(CCNC[C@H](O)c3ccc(O)c(NC=O)c3)cc2)cc1. The van der Waals surface area contributed by atoms with Crippen LogP contribution in [0, 0.1) is 6.92 Å². The number of nitrogens with zero attached hydrogens (tertiary/aromatic N) is 1. The Morgan fingerprint density at radius 1 is 1.00 bits per heavy atom. The van der Waals surface area contributed by atoms with E-state index in [1.165, 1.54) is 6.07 Å². The Bertz CT molecular complexity index is 1360. The summed E-state index contributed by atoms with van der Waals surface area (Å²) in [6.45, 7) is 2.91. The van der Waals surface area contributed by atoms with Gasteiger partial charge < -0.3 is 26.2 Å². The van der Waals surface area contributed by atoms with Gasteiger partial charge in [-0.3, -0.25) is 19.4 Å². The van der Waals surface area contributed by atoms with Crippen LogP contribution in [0.4, 0.5) is 17.1 Å². The highest BCUT2D eigenvalue weighted by molar-refractivity contribution is 5.75. The van der Waals surface area contributed by atoms with Gasteiger partial charge in [-0.25, -0.2) is 0 Å². The second kappa shape index (κ2) is 11.4. The van der Waals surface area contributed by atoms with Crippen LogP contribution in [-0.4, -0.2) is 39.5 Å². The Labute approximate surface area is 208 Å². The molecule has 0 fully saturated rings. The third-order valence-corrected chi connectivity index (χ3v) is 5.83. The first kappa shape index (κ1) is 24.8. The van der Waals surface area contributed by atoms with Crippen molar-refractivity contribution in [1.29, 1.82) is 0 Å². The minimum Gasteiger partial charge on any atom is -0.506 e. The van der Waals surface area contributed by atoms with Crippen LogP contribution in [0.3, 0.4) is 0 Å². The number of phenolic OH excluding ortho intramolecular Hbond substituents is 1. The fourth-order valence-electron chi connectivity index (χ4n) is 3.90. The van der Waals surface area contributed by atoms with Crippen molar-refractivity contribution in [2.24, 2.45) is 0 Å². The molecule has 36 heavy (non-hydrogen) atoms. The van der Waals surface area contributed by atoms with Gasteiger partial charge in [-0.05, 0) is 79.5 Å². The molecule has 0 spiro atoms. The van der Waals surface area contributed by atoms with E-state index in [-0.39, 0.29) is 17.0 Å². The first-order valence-electron chi connectivity index (χ1n) is 11.6. The molecule has 0 unspecified atom stereocenters. The Morgan fingerprint density at radius 2 is 1.69 bits per heavy atom. The van der Waals surface area contributed by atoms with E-state index in [4.69, 9.17) is 0 Å². The zero-order valence-electron chi connectivity index (χ0n) is 19.9. The van der Waals surface area contributed by atoms with Gasteiger partial charge in [-0.2, -0.15) is 0 Å². The molecule has 3 aromatic carbocycles. The van der Waals surface area contributed by atoms with Gasteiger partial charge in [0.05, 0.1) is 17.5 Å². The normalized spacial score (nSPS) is 11.7. The molecule has 9 heteroatoms. The number of phenols is 1. The molecule has 0 aliphatic heterocycles. The minimum atomic E-state index is -0.766. The van der Waals surface area contributed by atoms with Gasteiger partial charge in [0.15, 0.2) is 0 Å². The van der Waals surface area contributed by atoms with E-state index < -0.39 is 6.10 Å². The van der Waals surface area contributed by atoms with Crippen molar-refractivity contribution in [3.8, 4) is 11.4 Å². The number of aromatic hydroxyl groups is 1. The summed E-state index contributed by atoms with van der Waals surface area (Å²) in [6.07, 6.45) is 0.511. The first-order chi connectivity index (χ1) is 17.4. The molecule has 186 valence electrons. The summed E-state index contributed by atoms with van der Waals surface area (Å²) in [7, 11) is 0. The third-order valence-electron chi connectivity index (χ3n) is 5.83. The Kier molecular flexibility index (Phi) is 7.84. The second-order valence-corrected chi connectivity index (χ2v) is 8.47. The average Bonchev–Trinajstić information content (AvgIpc) is 3.22. The number of aryl methyl sites for hydroxylation is 1. The highest BCUT2D eigenvalue weighted by atomic mass is 16.3. The van der Waals surface area contributed by atoms with Crippen LogP contribution in [0.1, 0.15) is 22.9 Å². The molecule has 1 heterocycles. The lowest BCUT2D eigenvalue weighted by Gasteiger charge is -2.14. The van der Waals surface area contributed by atoms with Crippen molar-refractivity contribution >= 4 is 23.5 Å². The van der Waals surface area contributed by atoms with E-state index in [1.54, 1.807) is 22.9 Å². The molecule has 0 saturated carbocycles. The Balaban J connectivity index is 1.24. The van der Waals surface area contributed by atoms with Crippen molar-refractivity contribution < 1.29 is 15.0 Å². The number of amides is 1. The number of anilines is 3. The number of carbonyl (C=O) groups excluding carboxylic acids is 1. The largest absolute Gasteiger partial charge is 0.506 e. The number of aromatic amines is 1. The summed E-state index contributed by atoms with van der Waals surface area (Å²) in [6, 6.07) is 22.1. The number of aliphatic hydroxyl groups excluding tert-OH is 1. The molecule has 0 aliphatic rings. The van der Waals surface area contributed by atoms with Gasteiger partial charge in [-0.15, -0.1) is 0 Å². The van der Waals surface area contributed by atoms with E-state index in [1.807, 2.05) is 43.3 Å². The lowest BCUT2D eigenvalue weighted by atomic mass is 10.1. The molecule has 0 radical (unpaired) electrons. The minimum absolute atomic E-state index is 0.0504. The number of aromatic nitrogens is 2. The molecule has 0 bridgehead atoms. The number of hydrogen-bond acceptors (Lipinski definition) is 6. The fraction of sp³-hybridized carbons (Fsp3) is 0.185. The summed E-state index contributed by atoms with van der Waals surface area (Å²) in [5.74, 6) is -0.0504. The topological polar surface area (TPSA) is 131 Å². The quantitative estimate of drug-likeness (QED) is 0.109. The third kappa shape index (κ3) is 6.21. The second-order valence-electron chi connectivity index (χ2n) is 8.47. The maximum Gasteiger partial charge on any atom is 0.264 e. The number of hydrogen-bond donors (Lipinski definition) is 6. The molecule has 0 saturated heterocycles. The summed E-state index contributed by atoms with van der Waals surface area (Å²) in [4.78, 5) is 22.1. The lowest BCUT2D eigenvalue weighted by Crippen LogP contribution is -2.23. The first-order valence-corrected chi connectivity index (χ1v) is 11.6. The predicted octanol–water partition coefficient (Wildman–Crippen LogP) is 3.36. The van der Waals surface area contributed by atoms with E-state index in [9.17, 15) is 19.8 Å². The van der Waals surface area contributed by atoms with Crippen LogP contribution in [0.15, 0.2) is 77.6 Å². The highest BCUT2D eigenvalue weighted by Gasteiger charge is 2.10. The number of nitrogens with one attached hydrogen (secondary N) is 4. The molecule has 6 N–H and O–H groups in total. The number of rotatable bonds is 11. The van der Waals surface area contributed by atoms with E-state index in [0.717, 1.165) is 34.7 Å². The standard InChI is InChI=1S/C27H29N5O4/c1-18-14-27(36)31-32(18)23-9-7-22(8-10-23)30-21-5-2-19(3-6-21)12-13-28-16-26(35)20-4-11-25(34)24(15-20)29-17-33/h2-11,14-15,17,26,28,30,34-35H,12-13,16H2,1H3,(H,29,33)(H,31,36)/t26-/m0/s1. The van der Waals surface area contributed by atoms with Crippen LogP contribution in [0.2, 0.25) is 0 Å². The molecular formula is C27H29N5O4. The highest BCUT2D eigenvalue weighted by Crippen LogP contribution is 2.26. The van der Waals surface area contributed by atoms with Crippen LogP contribution in [0.25, 0.3) is 5.69 Å². The fourth-order valence-corrected chi connectivity index (χ4v) is 3.90. The van der Waals surface area contributed by atoms with E-state index in [2.05, 4.69) is 33.2 Å². The average molecular weight is 488 g/mol. The molecule has 1 amide bonds. The molecule has 0 aliphatic carbocycles. The smallest absolute Gasteiger partial charge is 0.264 e. The monoisotopic (exact) mass is 487 g/mol. The van der Waals surface area contributed by atoms with Crippen molar-refractivity contribution in [1.82, 2.24) is 15.1 Å². The zero-order chi connectivity index (χ0) is 25.5. The lowest BCUT2D eigenvalue weighted by molar-refractivity contribution is -0.105. The molecule has 4 aromatic rings. The molecule has 9 nitrogen and oxygen atoms in total. The number of aliphatic hydroxyl groups is 1. The molecule has 1 aromatic heterocycles. The number of carbonyl (C=O) groups is 1.